The summed E-state index contributed by atoms with van der Waals surface area (Å²) in [6, 6.07) is 10.1. The van der Waals surface area contributed by atoms with Crippen LogP contribution >= 0.6 is 0 Å². The molecule has 6 heteroatoms. The minimum atomic E-state index is -3.44. The summed E-state index contributed by atoms with van der Waals surface area (Å²) in [4.78, 5) is 0. The van der Waals surface area contributed by atoms with Crippen LogP contribution in [0.25, 0.3) is 0 Å². The van der Waals surface area contributed by atoms with Gasteiger partial charge in [-0.3, -0.25) is 4.18 Å². The Bertz CT molecular complexity index is 982. The van der Waals surface area contributed by atoms with Gasteiger partial charge in [0.2, 0.25) is 0 Å². The fourth-order valence-electron chi connectivity index (χ4n) is 3.81. The third-order valence-electron chi connectivity index (χ3n) is 5.72. The van der Waals surface area contributed by atoms with E-state index in [4.69, 9.17) is 13.7 Å². The Morgan fingerprint density at radius 2 is 1.76 bits per heavy atom. The van der Waals surface area contributed by atoms with Gasteiger partial charge in [0, 0.05) is 12.0 Å². The molecular formula is C23H30O5S. The first-order valence-corrected chi connectivity index (χ1v) is 11.7. The SMILES string of the molecule is Cc1c(C)c2c(c(C)c1OCc1ccccc1)CC[C@@](C)(CCOS(C)(=O)=O)O2. The largest absolute Gasteiger partial charge is 0.488 e. The van der Waals surface area contributed by atoms with Crippen molar-refractivity contribution in [1.82, 2.24) is 0 Å². The molecule has 1 heterocycles. The molecule has 0 saturated carbocycles. The maximum absolute atomic E-state index is 11.2. The highest BCUT2D eigenvalue weighted by atomic mass is 32.2. The van der Waals surface area contributed by atoms with Gasteiger partial charge < -0.3 is 9.47 Å². The van der Waals surface area contributed by atoms with Crippen LogP contribution in [-0.2, 0) is 27.3 Å². The first kappa shape index (κ1) is 21.7. The molecule has 3 rings (SSSR count). The fourth-order valence-corrected chi connectivity index (χ4v) is 4.20. The molecule has 5 nitrogen and oxygen atoms in total. The van der Waals surface area contributed by atoms with Crippen LogP contribution in [0.1, 0.15) is 47.6 Å². The Labute approximate surface area is 174 Å². The van der Waals surface area contributed by atoms with Crippen LogP contribution < -0.4 is 9.47 Å². The average molecular weight is 419 g/mol. The van der Waals surface area contributed by atoms with Crippen LogP contribution in [0.4, 0.5) is 0 Å². The van der Waals surface area contributed by atoms with Gasteiger partial charge in [0.15, 0.2) is 0 Å². The van der Waals surface area contributed by atoms with Gasteiger partial charge in [0.1, 0.15) is 23.7 Å². The van der Waals surface area contributed by atoms with E-state index in [2.05, 4.69) is 32.9 Å². The van der Waals surface area contributed by atoms with Gasteiger partial charge in [-0.1, -0.05) is 30.3 Å². The summed E-state index contributed by atoms with van der Waals surface area (Å²) in [5.74, 6) is 1.83. The number of hydrogen-bond donors (Lipinski definition) is 0. The van der Waals surface area contributed by atoms with Gasteiger partial charge in [-0.2, -0.15) is 8.42 Å². The van der Waals surface area contributed by atoms with E-state index in [1.807, 2.05) is 25.1 Å². The van der Waals surface area contributed by atoms with Crippen LogP contribution in [0.2, 0.25) is 0 Å². The van der Waals surface area contributed by atoms with Crippen LogP contribution in [0.5, 0.6) is 11.5 Å². The van der Waals surface area contributed by atoms with E-state index in [1.54, 1.807) is 0 Å². The van der Waals surface area contributed by atoms with Crippen molar-refractivity contribution < 1.29 is 22.1 Å². The molecule has 0 saturated heterocycles. The Kier molecular flexibility index (Phi) is 6.24. The van der Waals surface area contributed by atoms with E-state index in [0.29, 0.717) is 13.0 Å². The van der Waals surface area contributed by atoms with Crippen molar-refractivity contribution in [1.29, 1.82) is 0 Å². The molecule has 0 spiro atoms. The summed E-state index contributed by atoms with van der Waals surface area (Å²) >= 11 is 0. The maximum Gasteiger partial charge on any atom is 0.264 e. The molecule has 0 fully saturated rings. The van der Waals surface area contributed by atoms with Crippen LogP contribution in [0, 0.1) is 20.8 Å². The lowest BCUT2D eigenvalue weighted by molar-refractivity contribution is 0.0421. The van der Waals surface area contributed by atoms with E-state index >= 15 is 0 Å². The molecule has 0 N–H and O–H groups in total. The molecule has 0 radical (unpaired) electrons. The quantitative estimate of drug-likeness (QED) is 0.613. The Hall–Kier alpha value is -2.05. The molecule has 1 aliphatic heterocycles. The number of fused-ring (bicyclic) bond motifs is 1. The lowest BCUT2D eigenvalue weighted by atomic mass is 9.86. The molecule has 1 atom stereocenters. The van der Waals surface area contributed by atoms with Gasteiger partial charge in [-0.15, -0.1) is 0 Å². The number of ether oxygens (including phenoxy) is 2. The zero-order chi connectivity index (χ0) is 21.2. The van der Waals surface area contributed by atoms with E-state index in [1.165, 1.54) is 5.56 Å². The van der Waals surface area contributed by atoms with Crippen molar-refractivity contribution in [3.63, 3.8) is 0 Å². The summed E-state index contributed by atoms with van der Waals surface area (Å²) in [5.41, 5.74) is 5.13. The minimum Gasteiger partial charge on any atom is -0.488 e. The smallest absolute Gasteiger partial charge is 0.264 e. The molecule has 0 aromatic heterocycles. The van der Waals surface area contributed by atoms with Gasteiger partial charge in [-0.25, -0.2) is 0 Å². The van der Waals surface area contributed by atoms with Crippen LogP contribution in [0.15, 0.2) is 30.3 Å². The summed E-state index contributed by atoms with van der Waals surface area (Å²) < 4.78 is 40.0. The van der Waals surface area contributed by atoms with Gasteiger partial charge in [-0.05, 0) is 62.8 Å². The molecule has 0 amide bonds. The molecule has 2 aromatic rings. The number of benzene rings is 2. The predicted octanol–water partition coefficient (Wildman–Crippen LogP) is 4.64. The molecule has 0 aliphatic carbocycles. The second kappa shape index (κ2) is 8.36. The summed E-state index contributed by atoms with van der Waals surface area (Å²) in [6.45, 7) is 8.88. The first-order chi connectivity index (χ1) is 13.6. The molecule has 29 heavy (non-hydrogen) atoms. The standard InChI is InChI=1S/C23H30O5S/c1-16-17(2)22-20(11-12-23(4,28-22)13-14-27-29(5,24)25)18(3)21(16)26-15-19-9-7-6-8-10-19/h6-10H,11-15H2,1-5H3/t23-/m0/s1. The molecule has 1 aliphatic rings. The topological polar surface area (TPSA) is 61.8 Å². The van der Waals surface area contributed by atoms with Crippen molar-refractivity contribution in [2.75, 3.05) is 12.9 Å². The number of hydrogen-bond acceptors (Lipinski definition) is 5. The van der Waals surface area contributed by atoms with Crippen molar-refractivity contribution in [3.8, 4) is 11.5 Å². The first-order valence-electron chi connectivity index (χ1n) is 9.92. The highest BCUT2D eigenvalue weighted by Crippen LogP contribution is 2.44. The third kappa shape index (κ3) is 5.11. The zero-order valence-electron chi connectivity index (χ0n) is 17.9. The third-order valence-corrected chi connectivity index (χ3v) is 6.31. The lowest BCUT2D eigenvalue weighted by Gasteiger charge is -2.38. The molecule has 0 bridgehead atoms. The van der Waals surface area contributed by atoms with E-state index < -0.39 is 15.7 Å². The van der Waals surface area contributed by atoms with Crippen molar-refractivity contribution >= 4 is 10.1 Å². The molecule has 158 valence electrons. The van der Waals surface area contributed by atoms with Crippen molar-refractivity contribution in [2.45, 2.75) is 59.2 Å². The van der Waals surface area contributed by atoms with E-state index in [0.717, 1.165) is 52.9 Å². The normalized spacial score (nSPS) is 18.8. The van der Waals surface area contributed by atoms with Crippen molar-refractivity contribution in [3.05, 3.63) is 58.1 Å². The predicted molar refractivity (Wildman–Crippen MR) is 114 cm³/mol. The van der Waals surface area contributed by atoms with E-state index in [-0.39, 0.29) is 6.61 Å². The number of rotatable bonds is 7. The summed E-state index contributed by atoms with van der Waals surface area (Å²) in [7, 11) is -3.44. The van der Waals surface area contributed by atoms with E-state index in [9.17, 15) is 8.42 Å². The summed E-state index contributed by atoms with van der Waals surface area (Å²) in [5, 5.41) is 0. The van der Waals surface area contributed by atoms with Crippen molar-refractivity contribution in [2.24, 2.45) is 0 Å². The lowest BCUT2D eigenvalue weighted by Crippen LogP contribution is -2.38. The molecule has 2 aromatic carbocycles. The van der Waals surface area contributed by atoms with Gasteiger partial charge in [0.05, 0.1) is 12.9 Å². The van der Waals surface area contributed by atoms with Gasteiger partial charge >= 0.3 is 0 Å². The monoisotopic (exact) mass is 418 g/mol. The Balaban J connectivity index is 1.81. The second-order valence-corrected chi connectivity index (χ2v) is 9.76. The van der Waals surface area contributed by atoms with Gasteiger partial charge in [0.25, 0.3) is 10.1 Å². The zero-order valence-corrected chi connectivity index (χ0v) is 18.7. The summed E-state index contributed by atoms with van der Waals surface area (Å²) in [6.07, 6.45) is 3.25. The minimum absolute atomic E-state index is 0.125. The molecular weight excluding hydrogens is 388 g/mol. The highest BCUT2D eigenvalue weighted by molar-refractivity contribution is 7.85. The Morgan fingerprint density at radius 3 is 2.41 bits per heavy atom. The Morgan fingerprint density at radius 1 is 1.07 bits per heavy atom. The fraction of sp³-hybridized carbons (Fsp3) is 0.478. The molecule has 0 unspecified atom stereocenters. The van der Waals surface area contributed by atoms with Crippen LogP contribution in [-0.4, -0.2) is 26.9 Å². The second-order valence-electron chi connectivity index (χ2n) is 8.11. The maximum atomic E-state index is 11.2. The highest BCUT2D eigenvalue weighted by Gasteiger charge is 2.35. The average Bonchev–Trinajstić information content (AvgIpc) is 2.66. The van der Waals surface area contributed by atoms with Crippen LogP contribution in [0.3, 0.4) is 0 Å².